The first kappa shape index (κ1) is 13.0. The number of aromatic hydroxyl groups is 1. The molecule has 0 radical (unpaired) electrons. The molecule has 0 saturated heterocycles. The topological polar surface area (TPSA) is 85.2 Å². The van der Waals surface area contributed by atoms with Gasteiger partial charge in [0.2, 0.25) is 5.91 Å². The van der Waals surface area contributed by atoms with Crippen molar-refractivity contribution >= 4 is 5.91 Å². The van der Waals surface area contributed by atoms with E-state index in [2.05, 4.69) is 16.7 Å². The predicted octanol–water partition coefficient (Wildman–Crippen LogP) is 0.683. The number of carbonyl (C=O) groups excluding carboxylic acids is 1. The Kier molecular flexibility index (Phi) is 4.98. The molecular formula is C12H15N3O2. The van der Waals surface area contributed by atoms with Crippen LogP contribution in [0.2, 0.25) is 0 Å². The third-order valence-electron chi connectivity index (χ3n) is 2.20. The molecule has 1 aromatic carbocycles. The second kappa shape index (κ2) is 6.51. The van der Waals surface area contributed by atoms with Crippen molar-refractivity contribution in [3.8, 4) is 11.8 Å². The summed E-state index contributed by atoms with van der Waals surface area (Å²) < 4.78 is 0. The maximum atomic E-state index is 10.6. The van der Waals surface area contributed by atoms with Crippen LogP contribution in [0.15, 0.2) is 24.3 Å². The first-order valence-corrected chi connectivity index (χ1v) is 5.30. The fourth-order valence-corrected chi connectivity index (χ4v) is 1.36. The zero-order valence-corrected chi connectivity index (χ0v) is 9.60. The first-order chi connectivity index (χ1) is 8.13. The average molecular weight is 233 g/mol. The first-order valence-electron chi connectivity index (χ1n) is 5.30. The van der Waals surface area contributed by atoms with Crippen LogP contribution in [0, 0.1) is 11.3 Å². The number of benzene rings is 1. The normalized spacial score (nSPS) is 11.5. The summed E-state index contributed by atoms with van der Waals surface area (Å²) in [7, 11) is 0. The van der Waals surface area contributed by atoms with Crippen LogP contribution in [0.3, 0.4) is 0 Å². The van der Waals surface area contributed by atoms with Crippen molar-refractivity contribution in [2.45, 2.75) is 13.0 Å². The molecule has 0 aliphatic rings. The lowest BCUT2D eigenvalue weighted by Crippen LogP contribution is -2.31. The van der Waals surface area contributed by atoms with Gasteiger partial charge in [-0.3, -0.25) is 10.1 Å². The van der Waals surface area contributed by atoms with Crippen molar-refractivity contribution in [3.05, 3.63) is 29.8 Å². The Bertz CT molecular complexity index is 409. The minimum atomic E-state index is -0.440. The molecule has 0 bridgehead atoms. The summed E-state index contributed by atoms with van der Waals surface area (Å²) in [6.45, 7) is 2.44. The Balaban J connectivity index is 2.46. The van der Waals surface area contributed by atoms with Gasteiger partial charge >= 0.3 is 0 Å². The van der Waals surface area contributed by atoms with Crippen LogP contribution in [0.4, 0.5) is 0 Å². The minimum absolute atomic E-state index is 0.0926. The lowest BCUT2D eigenvalue weighted by Gasteiger charge is -2.11. The van der Waals surface area contributed by atoms with E-state index in [1.807, 2.05) is 0 Å². The molecule has 1 atom stereocenters. The molecule has 1 unspecified atom stereocenters. The van der Waals surface area contributed by atoms with E-state index in [9.17, 15) is 4.79 Å². The Morgan fingerprint density at radius 1 is 1.41 bits per heavy atom. The van der Waals surface area contributed by atoms with Gasteiger partial charge in [-0.2, -0.15) is 5.26 Å². The van der Waals surface area contributed by atoms with E-state index in [0.717, 1.165) is 5.56 Å². The number of hydrogen-bond acceptors (Lipinski definition) is 4. The highest BCUT2D eigenvalue weighted by atomic mass is 16.3. The van der Waals surface area contributed by atoms with Crippen LogP contribution in [-0.4, -0.2) is 24.1 Å². The molecule has 1 rings (SSSR count). The van der Waals surface area contributed by atoms with E-state index >= 15 is 0 Å². The van der Waals surface area contributed by atoms with Crippen LogP contribution in [0.25, 0.3) is 0 Å². The zero-order valence-electron chi connectivity index (χ0n) is 9.60. The van der Waals surface area contributed by atoms with Crippen molar-refractivity contribution in [2.24, 2.45) is 0 Å². The van der Waals surface area contributed by atoms with E-state index in [1.54, 1.807) is 12.1 Å². The number of nitrogens with one attached hydrogen (secondary N) is 2. The maximum Gasteiger partial charge on any atom is 0.216 e. The molecule has 0 aromatic heterocycles. The van der Waals surface area contributed by atoms with Gasteiger partial charge in [0, 0.05) is 20.0 Å². The highest BCUT2D eigenvalue weighted by molar-refractivity contribution is 5.72. The molecule has 0 heterocycles. The molecule has 0 fully saturated rings. The summed E-state index contributed by atoms with van der Waals surface area (Å²) in [5, 5.41) is 23.8. The summed E-state index contributed by atoms with van der Waals surface area (Å²) in [5.41, 5.74) is 0.785. The predicted molar refractivity (Wildman–Crippen MR) is 63.1 cm³/mol. The largest absolute Gasteiger partial charge is 0.508 e. The lowest BCUT2D eigenvalue weighted by molar-refractivity contribution is -0.118. The van der Waals surface area contributed by atoms with Gasteiger partial charge in [0.1, 0.15) is 11.8 Å². The van der Waals surface area contributed by atoms with Gasteiger partial charge in [-0.15, -0.1) is 0 Å². The Morgan fingerprint density at radius 3 is 2.59 bits per heavy atom. The fraction of sp³-hybridized carbons (Fsp3) is 0.333. The second-order valence-electron chi connectivity index (χ2n) is 3.59. The highest BCUT2D eigenvalue weighted by Crippen LogP contribution is 2.15. The van der Waals surface area contributed by atoms with Crippen molar-refractivity contribution in [1.82, 2.24) is 10.6 Å². The molecule has 0 aliphatic heterocycles. The minimum Gasteiger partial charge on any atom is -0.508 e. The Labute approximate surface area is 100 Å². The number of nitriles is 1. The van der Waals surface area contributed by atoms with E-state index in [4.69, 9.17) is 10.4 Å². The SMILES string of the molecule is CC(=O)NCCNC(C#N)c1ccc(O)cc1. The molecule has 0 spiro atoms. The number of hydrogen-bond donors (Lipinski definition) is 3. The Hall–Kier alpha value is -2.06. The van der Waals surface area contributed by atoms with Crippen LogP contribution in [-0.2, 0) is 4.79 Å². The quantitative estimate of drug-likeness (QED) is 0.653. The number of nitrogens with zero attached hydrogens (tertiary/aromatic N) is 1. The van der Waals surface area contributed by atoms with E-state index < -0.39 is 6.04 Å². The molecule has 0 aliphatic carbocycles. The maximum absolute atomic E-state index is 10.6. The van der Waals surface area contributed by atoms with Crippen LogP contribution >= 0.6 is 0 Å². The average Bonchev–Trinajstić information content (AvgIpc) is 2.30. The molecule has 5 nitrogen and oxygen atoms in total. The van der Waals surface area contributed by atoms with Gasteiger partial charge < -0.3 is 10.4 Å². The summed E-state index contributed by atoms with van der Waals surface area (Å²) in [5.74, 6) is 0.0774. The third-order valence-corrected chi connectivity index (χ3v) is 2.20. The second-order valence-corrected chi connectivity index (χ2v) is 3.59. The molecule has 3 N–H and O–H groups in total. The van der Waals surface area contributed by atoms with Gasteiger partial charge in [-0.1, -0.05) is 12.1 Å². The van der Waals surface area contributed by atoms with Gasteiger partial charge in [-0.05, 0) is 17.7 Å². The number of carbonyl (C=O) groups is 1. The monoisotopic (exact) mass is 233 g/mol. The number of amides is 1. The Morgan fingerprint density at radius 2 is 2.06 bits per heavy atom. The van der Waals surface area contributed by atoms with Crippen LogP contribution in [0.5, 0.6) is 5.75 Å². The number of phenolic OH excluding ortho intramolecular Hbond substituents is 1. The van der Waals surface area contributed by atoms with E-state index in [0.29, 0.717) is 13.1 Å². The van der Waals surface area contributed by atoms with Crippen molar-refractivity contribution in [1.29, 1.82) is 5.26 Å². The van der Waals surface area contributed by atoms with Crippen LogP contribution < -0.4 is 10.6 Å². The van der Waals surface area contributed by atoms with Gasteiger partial charge in [0.15, 0.2) is 0 Å². The summed E-state index contributed by atoms with van der Waals surface area (Å²) >= 11 is 0. The molecule has 1 aromatic rings. The number of phenols is 1. The fourth-order valence-electron chi connectivity index (χ4n) is 1.36. The molecule has 17 heavy (non-hydrogen) atoms. The van der Waals surface area contributed by atoms with Gasteiger partial charge in [0.25, 0.3) is 0 Å². The van der Waals surface area contributed by atoms with E-state index in [1.165, 1.54) is 19.1 Å². The molecule has 90 valence electrons. The van der Waals surface area contributed by atoms with Gasteiger partial charge in [-0.25, -0.2) is 0 Å². The van der Waals surface area contributed by atoms with Crippen molar-refractivity contribution < 1.29 is 9.90 Å². The summed E-state index contributed by atoms with van der Waals surface area (Å²) in [4.78, 5) is 10.6. The standard InChI is InChI=1S/C12H15N3O2/c1-9(16)14-6-7-15-12(8-13)10-2-4-11(17)5-3-10/h2-5,12,15,17H,6-7H2,1H3,(H,14,16). The number of rotatable bonds is 5. The highest BCUT2D eigenvalue weighted by Gasteiger charge is 2.08. The molecule has 5 heteroatoms. The molecule has 1 amide bonds. The zero-order chi connectivity index (χ0) is 12.7. The molecular weight excluding hydrogens is 218 g/mol. The lowest BCUT2D eigenvalue weighted by atomic mass is 10.1. The third kappa shape index (κ3) is 4.53. The van der Waals surface area contributed by atoms with Crippen molar-refractivity contribution in [2.75, 3.05) is 13.1 Å². The smallest absolute Gasteiger partial charge is 0.216 e. The summed E-state index contributed by atoms with van der Waals surface area (Å²) in [6, 6.07) is 8.13. The van der Waals surface area contributed by atoms with E-state index in [-0.39, 0.29) is 11.7 Å². The van der Waals surface area contributed by atoms with Crippen molar-refractivity contribution in [3.63, 3.8) is 0 Å². The summed E-state index contributed by atoms with van der Waals surface area (Å²) in [6.07, 6.45) is 0. The van der Waals surface area contributed by atoms with Gasteiger partial charge in [0.05, 0.1) is 6.07 Å². The molecule has 0 saturated carbocycles. The van der Waals surface area contributed by atoms with Crippen LogP contribution in [0.1, 0.15) is 18.5 Å².